The summed E-state index contributed by atoms with van der Waals surface area (Å²) in [5, 5.41) is 0. The fourth-order valence-corrected chi connectivity index (χ4v) is 4.43. The second kappa shape index (κ2) is 7.87. The van der Waals surface area contributed by atoms with Gasteiger partial charge in [0.15, 0.2) is 11.8 Å². The Hall–Kier alpha value is -2.87. The molecule has 2 heterocycles. The van der Waals surface area contributed by atoms with Crippen molar-refractivity contribution in [1.82, 2.24) is 4.57 Å². The van der Waals surface area contributed by atoms with Crippen molar-refractivity contribution >= 4 is 11.8 Å². The highest BCUT2D eigenvalue weighted by atomic mass is 15.0. The fourth-order valence-electron chi connectivity index (χ4n) is 4.43. The smallest absolute Gasteiger partial charge is 0.199 e. The number of rotatable bonds is 4. The topological polar surface area (TPSA) is 7.94 Å². The summed E-state index contributed by atoms with van der Waals surface area (Å²) in [5.41, 5.74) is 7.70. The summed E-state index contributed by atoms with van der Waals surface area (Å²) in [4.78, 5) is 0. The predicted molar refractivity (Wildman–Crippen MR) is 124 cm³/mol. The van der Waals surface area contributed by atoms with Crippen LogP contribution < -0.4 is 0 Å². The molecule has 2 atom stereocenters. The van der Waals surface area contributed by atoms with E-state index in [0.717, 1.165) is 0 Å². The Balaban J connectivity index is 1.61. The molecule has 2 unspecified atom stereocenters. The maximum atomic E-state index is 2.43. The van der Waals surface area contributed by atoms with Crippen LogP contribution in [-0.4, -0.2) is 27.9 Å². The summed E-state index contributed by atoms with van der Waals surface area (Å²) >= 11 is 0. The Kier molecular flexibility index (Phi) is 5.27. The third kappa shape index (κ3) is 3.72. The molecule has 1 aromatic carbocycles. The van der Waals surface area contributed by atoms with E-state index in [1.165, 1.54) is 33.9 Å². The Morgan fingerprint density at radius 3 is 2.48 bits per heavy atom. The molecule has 4 rings (SSSR count). The Bertz CT molecular complexity index is 1060. The second-order valence-electron chi connectivity index (χ2n) is 8.47. The van der Waals surface area contributed by atoms with Crippen LogP contribution in [0.1, 0.15) is 30.8 Å². The molecule has 0 saturated carbocycles. The van der Waals surface area contributed by atoms with Gasteiger partial charge >= 0.3 is 0 Å². The number of allylic oxidation sites excluding steroid dienone is 4. The normalized spacial score (nSPS) is 21.2. The average Bonchev–Trinajstić information content (AvgIpc) is 3.01. The molecule has 29 heavy (non-hydrogen) atoms. The van der Waals surface area contributed by atoms with E-state index in [1.807, 2.05) is 0 Å². The summed E-state index contributed by atoms with van der Waals surface area (Å²) in [5.74, 6) is 1.04. The molecule has 0 radical (unpaired) electrons. The molecule has 1 aliphatic heterocycles. The van der Waals surface area contributed by atoms with E-state index >= 15 is 0 Å². The summed E-state index contributed by atoms with van der Waals surface area (Å²) in [7, 11) is 2.20. The molecule has 0 bridgehead atoms. The highest BCUT2D eigenvalue weighted by molar-refractivity contribution is 6.03. The van der Waals surface area contributed by atoms with Crippen molar-refractivity contribution in [2.45, 2.75) is 33.7 Å². The lowest BCUT2D eigenvalue weighted by Gasteiger charge is -2.25. The molecule has 2 nitrogen and oxygen atoms in total. The van der Waals surface area contributed by atoms with Gasteiger partial charge in [0.1, 0.15) is 7.05 Å². The quantitative estimate of drug-likeness (QED) is 0.581. The molecule has 2 aliphatic rings. The first kappa shape index (κ1) is 19.4. The van der Waals surface area contributed by atoms with Crippen LogP contribution in [0.5, 0.6) is 0 Å². The number of hydrogen-bond donors (Lipinski definition) is 0. The molecule has 1 aliphatic carbocycles. The zero-order chi connectivity index (χ0) is 20.5. The molecule has 1 aromatic heterocycles. The molecule has 148 valence electrons. The van der Waals surface area contributed by atoms with E-state index in [4.69, 9.17) is 0 Å². The maximum Gasteiger partial charge on any atom is 0.199 e. The first-order valence-electron chi connectivity index (χ1n) is 10.6. The van der Waals surface area contributed by atoms with Crippen LogP contribution in [0.2, 0.25) is 0 Å². The van der Waals surface area contributed by atoms with Crippen LogP contribution in [0.15, 0.2) is 78.4 Å². The lowest BCUT2D eigenvalue weighted by Crippen LogP contribution is -2.35. The van der Waals surface area contributed by atoms with Gasteiger partial charge in [-0.1, -0.05) is 50.3 Å². The van der Waals surface area contributed by atoms with Gasteiger partial charge in [-0.15, -0.1) is 0 Å². The molecule has 0 saturated heterocycles. The minimum Gasteiger partial charge on any atom is -0.318 e. The van der Waals surface area contributed by atoms with E-state index < -0.39 is 0 Å². The maximum absolute atomic E-state index is 2.43. The molecular weight excluding hydrogens is 352 g/mol. The first-order chi connectivity index (χ1) is 14.0. The van der Waals surface area contributed by atoms with Crippen LogP contribution in [0, 0.1) is 25.7 Å². The van der Waals surface area contributed by atoms with Gasteiger partial charge in [0.2, 0.25) is 0 Å². The third-order valence-corrected chi connectivity index (χ3v) is 6.19. The lowest BCUT2D eigenvalue weighted by molar-refractivity contribution is -0.530. The van der Waals surface area contributed by atoms with Crippen LogP contribution in [0.25, 0.3) is 11.8 Å². The molecule has 0 spiro atoms. The third-order valence-electron chi connectivity index (χ3n) is 6.19. The van der Waals surface area contributed by atoms with E-state index in [9.17, 15) is 0 Å². The minimum absolute atomic E-state index is 0.402. The van der Waals surface area contributed by atoms with Gasteiger partial charge < -0.3 is 4.57 Å². The van der Waals surface area contributed by atoms with E-state index in [0.29, 0.717) is 17.9 Å². The molecule has 0 amide bonds. The monoisotopic (exact) mass is 383 g/mol. The zero-order valence-electron chi connectivity index (χ0n) is 18.1. The van der Waals surface area contributed by atoms with Crippen molar-refractivity contribution in [1.29, 1.82) is 0 Å². The van der Waals surface area contributed by atoms with Crippen molar-refractivity contribution in [3.63, 3.8) is 0 Å². The Morgan fingerprint density at radius 2 is 1.76 bits per heavy atom. The van der Waals surface area contributed by atoms with Crippen LogP contribution in [0.4, 0.5) is 0 Å². The van der Waals surface area contributed by atoms with Crippen molar-refractivity contribution in [2.24, 2.45) is 11.8 Å². The summed E-state index contributed by atoms with van der Waals surface area (Å²) < 4.78 is 4.71. The number of benzene rings is 1. The van der Waals surface area contributed by atoms with Gasteiger partial charge in [0, 0.05) is 29.2 Å². The molecule has 2 heteroatoms. The minimum atomic E-state index is 0.402. The number of likely N-dealkylation sites (N-methyl/N-ethyl adjacent to an activating group) is 1. The molecule has 0 fully saturated rings. The SMILES string of the molecule is Cc1cc(/C=C/C2=[N+](C)C3C=CC(C(C)C)=CC3C=C2)c(C)n1-c1ccccc1. The molecule has 0 N–H and O–H groups in total. The Morgan fingerprint density at radius 1 is 1.00 bits per heavy atom. The second-order valence-corrected chi connectivity index (χ2v) is 8.47. The highest BCUT2D eigenvalue weighted by Crippen LogP contribution is 2.27. The number of nitrogens with zero attached hydrogens (tertiary/aromatic N) is 2. The number of aryl methyl sites for hydroxylation is 1. The fraction of sp³-hybridized carbons (Fsp3) is 0.296. The summed E-state index contributed by atoms with van der Waals surface area (Å²) in [6.45, 7) is 8.90. The van der Waals surface area contributed by atoms with Gasteiger partial charge in [-0.25, -0.2) is 4.58 Å². The number of para-hydroxylation sites is 1. The van der Waals surface area contributed by atoms with Crippen LogP contribution >= 0.6 is 0 Å². The number of fused-ring (bicyclic) bond motifs is 1. The van der Waals surface area contributed by atoms with Gasteiger partial charge in [0.25, 0.3) is 0 Å². The van der Waals surface area contributed by atoms with Crippen molar-refractivity contribution < 1.29 is 4.58 Å². The van der Waals surface area contributed by atoms with E-state index in [1.54, 1.807) is 0 Å². The van der Waals surface area contributed by atoms with Crippen molar-refractivity contribution in [2.75, 3.05) is 7.05 Å². The van der Waals surface area contributed by atoms with Crippen molar-refractivity contribution in [3.05, 3.63) is 95.4 Å². The zero-order valence-corrected chi connectivity index (χ0v) is 18.1. The summed E-state index contributed by atoms with van der Waals surface area (Å²) in [6.07, 6.45) is 16.2. The summed E-state index contributed by atoms with van der Waals surface area (Å²) in [6, 6.07) is 13.2. The van der Waals surface area contributed by atoms with Gasteiger partial charge in [0.05, 0.1) is 5.92 Å². The largest absolute Gasteiger partial charge is 0.318 e. The van der Waals surface area contributed by atoms with Crippen LogP contribution in [-0.2, 0) is 0 Å². The number of aromatic nitrogens is 1. The van der Waals surface area contributed by atoms with Crippen molar-refractivity contribution in [3.8, 4) is 5.69 Å². The average molecular weight is 384 g/mol. The molecular formula is C27H31N2+. The molecule has 2 aromatic rings. The van der Waals surface area contributed by atoms with Crippen LogP contribution in [0.3, 0.4) is 0 Å². The van der Waals surface area contributed by atoms with E-state index in [2.05, 4.69) is 123 Å². The van der Waals surface area contributed by atoms with Gasteiger partial charge in [-0.2, -0.15) is 0 Å². The predicted octanol–water partition coefficient (Wildman–Crippen LogP) is 5.90. The van der Waals surface area contributed by atoms with Gasteiger partial charge in [-0.05, 0) is 61.3 Å². The first-order valence-corrected chi connectivity index (χ1v) is 10.6. The number of hydrogen-bond acceptors (Lipinski definition) is 0. The lowest BCUT2D eigenvalue weighted by atomic mass is 9.85. The standard InChI is InChI=1S/C27H31N2/c1-19(2)22-13-16-27-24(18-22)12-15-25(28(27)5)14-11-23-17-20(3)29(21(23)4)26-9-7-6-8-10-26/h6-19,24,27H,1-5H3/q+1. The van der Waals surface area contributed by atoms with Gasteiger partial charge in [-0.3, -0.25) is 0 Å². The van der Waals surface area contributed by atoms with E-state index in [-0.39, 0.29) is 0 Å². The Labute approximate surface area is 174 Å². The highest BCUT2D eigenvalue weighted by Gasteiger charge is 2.30.